The molecular formula is C13H15Br2NO. The molecule has 1 saturated carbocycles. The smallest absolute Gasteiger partial charge is 0.252 e. The van der Waals surface area contributed by atoms with E-state index in [2.05, 4.69) is 37.2 Å². The van der Waals surface area contributed by atoms with Crippen molar-refractivity contribution in [2.24, 2.45) is 5.92 Å². The fourth-order valence-corrected chi connectivity index (χ4v) is 3.08. The van der Waals surface area contributed by atoms with Gasteiger partial charge in [-0.15, -0.1) is 0 Å². The zero-order chi connectivity index (χ0) is 12.4. The second-order valence-electron chi connectivity index (χ2n) is 4.55. The molecule has 1 unspecified atom stereocenters. The maximum Gasteiger partial charge on any atom is 0.252 e. The average Bonchev–Trinajstić information content (AvgIpc) is 3.09. The van der Waals surface area contributed by atoms with Crippen LogP contribution in [0.15, 0.2) is 22.7 Å². The third-order valence-electron chi connectivity index (χ3n) is 2.96. The van der Waals surface area contributed by atoms with Crippen LogP contribution in [0.25, 0.3) is 0 Å². The van der Waals surface area contributed by atoms with Crippen molar-refractivity contribution >= 4 is 37.8 Å². The van der Waals surface area contributed by atoms with Crippen molar-refractivity contribution in [2.75, 3.05) is 6.54 Å². The Bertz CT molecular complexity index is 429. The standard InChI is InChI=1S/C13H15Br2NO/c1-8-2-5-10(11(14)6-8)13(17)16-7-12(15)9-3-4-9/h2,5-6,9,12H,3-4,7H2,1H3,(H,16,17). The molecule has 1 fully saturated rings. The van der Waals surface area contributed by atoms with Gasteiger partial charge in [-0.25, -0.2) is 0 Å². The van der Waals surface area contributed by atoms with E-state index in [1.807, 2.05) is 25.1 Å². The van der Waals surface area contributed by atoms with Gasteiger partial charge >= 0.3 is 0 Å². The highest BCUT2D eigenvalue weighted by molar-refractivity contribution is 9.10. The summed E-state index contributed by atoms with van der Waals surface area (Å²) in [7, 11) is 0. The largest absolute Gasteiger partial charge is 0.351 e. The summed E-state index contributed by atoms with van der Waals surface area (Å²) in [6, 6.07) is 5.77. The normalized spacial score (nSPS) is 16.6. The summed E-state index contributed by atoms with van der Waals surface area (Å²) in [5.74, 6) is 0.735. The van der Waals surface area contributed by atoms with E-state index in [1.165, 1.54) is 12.8 Å². The number of amides is 1. The highest BCUT2D eigenvalue weighted by atomic mass is 79.9. The number of aryl methyl sites for hydroxylation is 1. The summed E-state index contributed by atoms with van der Waals surface area (Å²) < 4.78 is 0.854. The third-order valence-corrected chi connectivity index (χ3v) is 4.69. The monoisotopic (exact) mass is 359 g/mol. The molecule has 0 saturated heterocycles. The fraction of sp³-hybridized carbons (Fsp3) is 0.462. The summed E-state index contributed by atoms with van der Waals surface area (Å²) in [5.41, 5.74) is 1.84. The van der Waals surface area contributed by atoms with Gasteiger partial charge in [-0.05, 0) is 59.3 Å². The Labute approximate surface area is 118 Å². The summed E-state index contributed by atoms with van der Waals surface area (Å²) in [6.45, 7) is 2.71. The first kappa shape index (κ1) is 13.1. The number of halogens is 2. The third kappa shape index (κ3) is 3.55. The predicted octanol–water partition coefficient (Wildman–Crippen LogP) is 3.66. The van der Waals surface area contributed by atoms with E-state index in [1.54, 1.807) is 0 Å². The van der Waals surface area contributed by atoms with Crippen molar-refractivity contribution < 1.29 is 4.79 Å². The molecule has 0 spiro atoms. The molecule has 0 aliphatic heterocycles. The highest BCUT2D eigenvalue weighted by Crippen LogP contribution is 2.36. The molecule has 2 nitrogen and oxygen atoms in total. The van der Waals surface area contributed by atoms with Crippen LogP contribution < -0.4 is 5.32 Å². The second kappa shape index (κ2) is 5.53. The Kier molecular flexibility index (Phi) is 4.26. The van der Waals surface area contributed by atoms with Crippen molar-refractivity contribution in [1.82, 2.24) is 5.32 Å². The van der Waals surface area contributed by atoms with Crippen LogP contribution in [-0.4, -0.2) is 17.3 Å². The Balaban J connectivity index is 1.94. The van der Waals surface area contributed by atoms with Crippen molar-refractivity contribution in [3.63, 3.8) is 0 Å². The number of carbonyl (C=O) groups is 1. The van der Waals surface area contributed by atoms with Crippen LogP contribution in [0.5, 0.6) is 0 Å². The maximum atomic E-state index is 12.0. The molecule has 1 aromatic carbocycles. The highest BCUT2D eigenvalue weighted by Gasteiger charge is 2.29. The minimum absolute atomic E-state index is 0.0121. The van der Waals surface area contributed by atoms with Crippen LogP contribution in [0.3, 0.4) is 0 Å². The van der Waals surface area contributed by atoms with Crippen LogP contribution in [-0.2, 0) is 0 Å². The maximum absolute atomic E-state index is 12.0. The summed E-state index contributed by atoms with van der Waals surface area (Å²) >= 11 is 7.03. The van der Waals surface area contributed by atoms with E-state index in [4.69, 9.17) is 0 Å². The molecule has 1 aliphatic carbocycles. The lowest BCUT2D eigenvalue weighted by Gasteiger charge is -2.11. The van der Waals surface area contributed by atoms with Crippen LogP contribution in [0.1, 0.15) is 28.8 Å². The predicted molar refractivity (Wildman–Crippen MR) is 76.7 cm³/mol. The van der Waals surface area contributed by atoms with Gasteiger partial charge < -0.3 is 5.32 Å². The molecular weight excluding hydrogens is 346 g/mol. The van der Waals surface area contributed by atoms with Gasteiger partial charge in [0.25, 0.3) is 5.91 Å². The molecule has 0 heterocycles. The van der Waals surface area contributed by atoms with Gasteiger partial charge in [-0.2, -0.15) is 0 Å². The zero-order valence-electron chi connectivity index (χ0n) is 9.67. The van der Waals surface area contributed by atoms with Gasteiger partial charge in [0.15, 0.2) is 0 Å². The van der Waals surface area contributed by atoms with Gasteiger partial charge in [-0.1, -0.05) is 22.0 Å². The minimum Gasteiger partial charge on any atom is -0.351 e. The minimum atomic E-state index is -0.0121. The molecule has 4 heteroatoms. The number of alkyl halides is 1. The number of hydrogen-bond donors (Lipinski definition) is 1. The van der Waals surface area contributed by atoms with Crippen LogP contribution >= 0.6 is 31.9 Å². The lowest BCUT2D eigenvalue weighted by atomic mass is 10.1. The Morgan fingerprint density at radius 2 is 2.24 bits per heavy atom. The van der Waals surface area contributed by atoms with Gasteiger partial charge in [0, 0.05) is 15.8 Å². The van der Waals surface area contributed by atoms with Crippen LogP contribution in [0.2, 0.25) is 0 Å². The van der Waals surface area contributed by atoms with Gasteiger partial charge in [0.1, 0.15) is 0 Å². The molecule has 1 aliphatic rings. The van der Waals surface area contributed by atoms with Gasteiger partial charge in [0.05, 0.1) is 5.56 Å². The van der Waals surface area contributed by atoms with E-state index < -0.39 is 0 Å². The van der Waals surface area contributed by atoms with E-state index in [9.17, 15) is 4.79 Å². The molecule has 1 amide bonds. The second-order valence-corrected chi connectivity index (χ2v) is 6.58. The molecule has 1 N–H and O–H groups in total. The van der Waals surface area contributed by atoms with Crippen molar-refractivity contribution in [1.29, 1.82) is 0 Å². The molecule has 0 bridgehead atoms. The molecule has 2 rings (SSSR count). The number of rotatable bonds is 4. The molecule has 92 valence electrons. The summed E-state index contributed by atoms with van der Waals surface area (Å²) in [5, 5.41) is 2.96. The number of nitrogens with one attached hydrogen (secondary N) is 1. The fourth-order valence-electron chi connectivity index (χ4n) is 1.71. The Hall–Kier alpha value is -0.350. The topological polar surface area (TPSA) is 29.1 Å². The first-order valence-electron chi connectivity index (χ1n) is 5.76. The quantitative estimate of drug-likeness (QED) is 0.815. The first-order valence-corrected chi connectivity index (χ1v) is 7.47. The number of benzene rings is 1. The lowest BCUT2D eigenvalue weighted by molar-refractivity contribution is 0.0952. The number of carbonyl (C=O) groups excluding carboxylic acids is 1. The summed E-state index contributed by atoms with van der Waals surface area (Å²) in [4.78, 5) is 12.4. The van der Waals surface area contributed by atoms with Crippen molar-refractivity contribution in [3.05, 3.63) is 33.8 Å². The van der Waals surface area contributed by atoms with Crippen LogP contribution in [0.4, 0.5) is 0 Å². The Morgan fingerprint density at radius 1 is 1.53 bits per heavy atom. The molecule has 1 aromatic rings. The van der Waals surface area contributed by atoms with E-state index in [0.29, 0.717) is 16.9 Å². The Morgan fingerprint density at radius 3 is 2.82 bits per heavy atom. The van der Waals surface area contributed by atoms with Crippen molar-refractivity contribution in [3.8, 4) is 0 Å². The lowest BCUT2D eigenvalue weighted by Crippen LogP contribution is -2.30. The van der Waals surface area contributed by atoms with Gasteiger partial charge in [0.2, 0.25) is 0 Å². The number of hydrogen-bond acceptors (Lipinski definition) is 1. The van der Waals surface area contributed by atoms with Crippen molar-refractivity contribution in [2.45, 2.75) is 24.6 Å². The molecule has 1 atom stereocenters. The van der Waals surface area contributed by atoms with E-state index in [0.717, 1.165) is 16.0 Å². The van der Waals surface area contributed by atoms with Gasteiger partial charge in [-0.3, -0.25) is 4.79 Å². The van der Waals surface area contributed by atoms with E-state index >= 15 is 0 Å². The van der Waals surface area contributed by atoms with Crippen LogP contribution in [0, 0.1) is 12.8 Å². The molecule has 17 heavy (non-hydrogen) atoms. The average molecular weight is 361 g/mol. The first-order chi connectivity index (χ1) is 8.08. The SMILES string of the molecule is Cc1ccc(C(=O)NCC(Br)C2CC2)c(Br)c1. The molecule has 0 aromatic heterocycles. The zero-order valence-corrected chi connectivity index (χ0v) is 12.8. The van der Waals surface area contributed by atoms with E-state index in [-0.39, 0.29) is 5.91 Å². The molecule has 0 radical (unpaired) electrons. The summed E-state index contributed by atoms with van der Waals surface area (Å²) in [6.07, 6.45) is 2.56.